The van der Waals surface area contributed by atoms with Crippen LogP contribution >= 0.6 is 11.6 Å². The van der Waals surface area contributed by atoms with Crippen LogP contribution in [0.2, 0.25) is 5.02 Å². The molecule has 76 valence electrons. The smallest absolute Gasteiger partial charge is 0.0409 e. The fourth-order valence-electron chi connectivity index (χ4n) is 1.45. The van der Waals surface area contributed by atoms with Crippen LogP contribution in [0, 0.1) is 0 Å². The van der Waals surface area contributed by atoms with Crippen molar-refractivity contribution in [1.82, 2.24) is 5.32 Å². The Morgan fingerprint density at radius 1 is 1.57 bits per heavy atom. The van der Waals surface area contributed by atoms with Crippen LogP contribution in [0.3, 0.4) is 0 Å². The molecule has 1 aromatic rings. The SMILES string of the molecule is C=CCN[C@@H](CC)c1cccc(Cl)c1. The minimum Gasteiger partial charge on any atom is -0.306 e. The molecule has 0 saturated carbocycles. The number of hydrogen-bond acceptors (Lipinski definition) is 1. The van der Waals surface area contributed by atoms with Gasteiger partial charge in [0.25, 0.3) is 0 Å². The van der Waals surface area contributed by atoms with Crippen LogP contribution in [0.15, 0.2) is 36.9 Å². The average Bonchev–Trinajstić information content (AvgIpc) is 2.19. The Morgan fingerprint density at radius 3 is 2.93 bits per heavy atom. The first-order valence-electron chi connectivity index (χ1n) is 4.87. The molecule has 0 aromatic heterocycles. The topological polar surface area (TPSA) is 12.0 Å². The first-order chi connectivity index (χ1) is 6.77. The summed E-state index contributed by atoms with van der Waals surface area (Å²) in [5.74, 6) is 0. The van der Waals surface area contributed by atoms with Gasteiger partial charge in [-0.3, -0.25) is 0 Å². The second-order valence-corrected chi connectivity index (χ2v) is 3.65. The third-order valence-electron chi connectivity index (χ3n) is 2.17. The molecule has 0 bridgehead atoms. The Hall–Kier alpha value is -0.790. The summed E-state index contributed by atoms with van der Waals surface area (Å²) in [5, 5.41) is 4.18. The van der Waals surface area contributed by atoms with Gasteiger partial charge in [0, 0.05) is 17.6 Å². The van der Waals surface area contributed by atoms with E-state index in [0.717, 1.165) is 18.0 Å². The zero-order valence-corrected chi connectivity index (χ0v) is 9.22. The number of hydrogen-bond donors (Lipinski definition) is 1. The molecule has 1 atom stereocenters. The van der Waals surface area contributed by atoms with E-state index in [1.807, 2.05) is 24.3 Å². The lowest BCUT2D eigenvalue weighted by Gasteiger charge is -2.16. The summed E-state index contributed by atoms with van der Waals surface area (Å²) in [6, 6.07) is 8.34. The van der Waals surface area contributed by atoms with Crippen molar-refractivity contribution in [2.45, 2.75) is 19.4 Å². The van der Waals surface area contributed by atoms with Crippen molar-refractivity contribution in [3.05, 3.63) is 47.5 Å². The van der Waals surface area contributed by atoms with Crippen molar-refractivity contribution in [2.75, 3.05) is 6.54 Å². The van der Waals surface area contributed by atoms with Gasteiger partial charge in [-0.1, -0.05) is 36.7 Å². The second kappa shape index (κ2) is 5.84. The highest BCUT2D eigenvalue weighted by Gasteiger charge is 2.07. The van der Waals surface area contributed by atoms with Crippen molar-refractivity contribution in [2.24, 2.45) is 0 Å². The normalized spacial score (nSPS) is 12.4. The summed E-state index contributed by atoms with van der Waals surface area (Å²) in [7, 11) is 0. The number of halogens is 1. The minimum absolute atomic E-state index is 0.367. The van der Waals surface area contributed by atoms with Crippen molar-refractivity contribution < 1.29 is 0 Å². The predicted molar refractivity (Wildman–Crippen MR) is 62.7 cm³/mol. The van der Waals surface area contributed by atoms with Gasteiger partial charge in [0.05, 0.1) is 0 Å². The van der Waals surface area contributed by atoms with E-state index < -0.39 is 0 Å². The molecule has 0 aliphatic heterocycles. The molecular weight excluding hydrogens is 194 g/mol. The molecule has 1 aromatic carbocycles. The van der Waals surface area contributed by atoms with Crippen molar-refractivity contribution in [3.63, 3.8) is 0 Å². The minimum atomic E-state index is 0.367. The Kier molecular flexibility index (Phi) is 4.71. The number of benzene rings is 1. The second-order valence-electron chi connectivity index (χ2n) is 3.21. The number of nitrogens with one attached hydrogen (secondary N) is 1. The lowest BCUT2D eigenvalue weighted by atomic mass is 10.0. The van der Waals surface area contributed by atoms with E-state index in [2.05, 4.69) is 24.9 Å². The first-order valence-corrected chi connectivity index (χ1v) is 5.25. The van der Waals surface area contributed by atoms with Crippen LogP contribution in [0.4, 0.5) is 0 Å². The average molecular weight is 210 g/mol. The van der Waals surface area contributed by atoms with Crippen molar-refractivity contribution in [3.8, 4) is 0 Å². The molecule has 0 radical (unpaired) electrons. The highest BCUT2D eigenvalue weighted by molar-refractivity contribution is 6.30. The molecule has 1 N–H and O–H groups in total. The molecule has 14 heavy (non-hydrogen) atoms. The van der Waals surface area contributed by atoms with Gasteiger partial charge in [0.1, 0.15) is 0 Å². The molecule has 0 spiro atoms. The van der Waals surface area contributed by atoms with E-state index in [-0.39, 0.29) is 0 Å². The summed E-state index contributed by atoms with van der Waals surface area (Å²) >= 11 is 5.93. The monoisotopic (exact) mass is 209 g/mol. The summed E-state index contributed by atoms with van der Waals surface area (Å²) in [6.45, 7) is 6.67. The highest BCUT2D eigenvalue weighted by Crippen LogP contribution is 2.19. The van der Waals surface area contributed by atoms with Crippen LogP contribution in [-0.4, -0.2) is 6.54 Å². The highest BCUT2D eigenvalue weighted by atomic mass is 35.5. The molecule has 0 heterocycles. The Balaban J connectivity index is 2.72. The Bertz CT molecular complexity index is 296. The summed E-state index contributed by atoms with van der Waals surface area (Å²) in [4.78, 5) is 0. The zero-order valence-electron chi connectivity index (χ0n) is 8.46. The third kappa shape index (κ3) is 3.17. The maximum atomic E-state index is 5.93. The fourth-order valence-corrected chi connectivity index (χ4v) is 1.65. The molecule has 1 nitrogen and oxygen atoms in total. The Labute approximate surface area is 90.8 Å². The Morgan fingerprint density at radius 2 is 2.36 bits per heavy atom. The van der Waals surface area contributed by atoms with Gasteiger partial charge < -0.3 is 5.32 Å². The third-order valence-corrected chi connectivity index (χ3v) is 2.40. The maximum Gasteiger partial charge on any atom is 0.0409 e. The van der Waals surface area contributed by atoms with Gasteiger partial charge >= 0.3 is 0 Å². The number of rotatable bonds is 5. The molecule has 0 amide bonds. The summed E-state index contributed by atoms with van der Waals surface area (Å²) in [5.41, 5.74) is 1.24. The first kappa shape index (κ1) is 11.3. The molecular formula is C12H16ClN. The van der Waals surface area contributed by atoms with Crippen LogP contribution in [0.25, 0.3) is 0 Å². The van der Waals surface area contributed by atoms with Crippen LogP contribution in [-0.2, 0) is 0 Å². The summed E-state index contributed by atoms with van der Waals surface area (Å²) < 4.78 is 0. The van der Waals surface area contributed by atoms with E-state index in [1.54, 1.807) is 0 Å². The quantitative estimate of drug-likeness (QED) is 0.732. The van der Waals surface area contributed by atoms with Crippen LogP contribution < -0.4 is 5.32 Å². The predicted octanol–water partition coefficient (Wildman–Crippen LogP) is 3.57. The van der Waals surface area contributed by atoms with Gasteiger partial charge in [-0.15, -0.1) is 6.58 Å². The molecule has 0 aliphatic carbocycles. The largest absolute Gasteiger partial charge is 0.306 e. The van der Waals surface area contributed by atoms with Gasteiger partial charge in [-0.25, -0.2) is 0 Å². The van der Waals surface area contributed by atoms with E-state index in [0.29, 0.717) is 6.04 Å². The standard InChI is InChI=1S/C12H16ClN/c1-3-8-14-12(4-2)10-6-5-7-11(13)9-10/h3,5-7,9,12,14H,1,4,8H2,2H3/t12-/m0/s1. The molecule has 0 unspecified atom stereocenters. The van der Waals surface area contributed by atoms with E-state index in [4.69, 9.17) is 11.6 Å². The van der Waals surface area contributed by atoms with E-state index >= 15 is 0 Å². The van der Waals surface area contributed by atoms with Crippen LogP contribution in [0.5, 0.6) is 0 Å². The molecule has 1 rings (SSSR count). The van der Waals surface area contributed by atoms with E-state index in [1.165, 1.54) is 5.56 Å². The van der Waals surface area contributed by atoms with E-state index in [9.17, 15) is 0 Å². The lowest BCUT2D eigenvalue weighted by Crippen LogP contribution is -2.20. The summed E-state index contributed by atoms with van der Waals surface area (Å²) in [6.07, 6.45) is 2.92. The van der Waals surface area contributed by atoms with Crippen molar-refractivity contribution in [1.29, 1.82) is 0 Å². The molecule has 2 heteroatoms. The van der Waals surface area contributed by atoms with Crippen molar-refractivity contribution >= 4 is 11.6 Å². The fraction of sp³-hybridized carbons (Fsp3) is 0.333. The molecule has 0 fully saturated rings. The maximum absolute atomic E-state index is 5.93. The van der Waals surface area contributed by atoms with Gasteiger partial charge in [0.2, 0.25) is 0 Å². The molecule has 0 aliphatic rings. The van der Waals surface area contributed by atoms with Gasteiger partial charge in [-0.2, -0.15) is 0 Å². The lowest BCUT2D eigenvalue weighted by molar-refractivity contribution is 0.551. The zero-order chi connectivity index (χ0) is 10.4. The van der Waals surface area contributed by atoms with Gasteiger partial charge in [0.15, 0.2) is 0 Å². The van der Waals surface area contributed by atoms with Gasteiger partial charge in [-0.05, 0) is 24.1 Å². The van der Waals surface area contributed by atoms with Crippen LogP contribution in [0.1, 0.15) is 24.9 Å². The molecule has 0 saturated heterocycles.